The molecule has 1 rings (SSSR count). The van der Waals surface area contributed by atoms with Gasteiger partial charge in [-0.15, -0.1) is 0 Å². The first-order valence-electron chi connectivity index (χ1n) is 6.87. The molecule has 0 saturated heterocycles. The lowest BCUT2D eigenvalue weighted by atomic mass is 10.2. The Kier molecular flexibility index (Phi) is 6.74. The molecule has 0 atom stereocenters. The minimum atomic E-state index is -3.05. The number of halogens is 3. The van der Waals surface area contributed by atoms with Crippen LogP contribution in [0.5, 0.6) is 0 Å². The zero-order valence-electron chi connectivity index (χ0n) is 12.9. The monoisotopic (exact) mass is 378 g/mol. The molecule has 1 amide bonds. The molecule has 4 nitrogen and oxygen atoms in total. The summed E-state index contributed by atoms with van der Waals surface area (Å²) in [6.07, 6.45) is -0.848. The summed E-state index contributed by atoms with van der Waals surface area (Å²) < 4.78 is 33.1. The van der Waals surface area contributed by atoms with Crippen molar-refractivity contribution in [1.29, 1.82) is 0 Å². The number of benzene rings is 1. The van der Waals surface area contributed by atoms with E-state index in [1.807, 2.05) is 24.3 Å². The lowest BCUT2D eigenvalue weighted by molar-refractivity contribution is -0.00376. The van der Waals surface area contributed by atoms with Gasteiger partial charge in [0.25, 0.3) is 5.92 Å². The first-order chi connectivity index (χ1) is 10.1. The van der Waals surface area contributed by atoms with Crippen LogP contribution in [0.3, 0.4) is 0 Å². The Labute approximate surface area is 137 Å². The Morgan fingerprint density at radius 1 is 1.27 bits per heavy atom. The van der Waals surface area contributed by atoms with Crippen molar-refractivity contribution >= 4 is 22.0 Å². The Bertz CT molecular complexity index is 505. The summed E-state index contributed by atoms with van der Waals surface area (Å²) in [6.45, 7) is 4.03. The maximum Gasteiger partial charge on any atom is 0.407 e. The molecule has 0 aromatic heterocycles. The molecule has 7 heteroatoms. The van der Waals surface area contributed by atoms with Crippen LogP contribution in [0.15, 0.2) is 28.7 Å². The normalized spacial score (nSPS) is 12.1. The van der Waals surface area contributed by atoms with Crippen molar-refractivity contribution in [3.05, 3.63) is 34.3 Å². The summed E-state index contributed by atoms with van der Waals surface area (Å²) >= 11 is 3.32. The number of nitrogens with one attached hydrogen (secondary N) is 2. The van der Waals surface area contributed by atoms with Crippen LogP contribution in [-0.2, 0) is 11.3 Å². The van der Waals surface area contributed by atoms with Gasteiger partial charge in [-0.3, -0.25) is 0 Å². The molecule has 0 heterocycles. The number of amides is 1. The molecule has 1 aromatic carbocycles. The second-order valence-electron chi connectivity index (χ2n) is 5.94. The molecule has 124 valence electrons. The van der Waals surface area contributed by atoms with E-state index in [1.54, 1.807) is 20.8 Å². The molecule has 0 bridgehead atoms. The van der Waals surface area contributed by atoms with Gasteiger partial charge in [0.05, 0.1) is 13.1 Å². The van der Waals surface area contributed by atoms with Gasteiger partial charge in [0.15, 0.2) is 0 Å². The van der Waals surface area contributed by atoms with E-state index < -0.39 is 30.7 Å². The van der Waals surface area contributed by atoms with Crippen LogP contribution in [0.1, 0.15) is 26.3 Å². The highest BCUT2D eigenvalue weighted by Crippen LogP contribution is 2.14. The van der Waals surface area contributed by atoms with E-state index in [1.165, 1.54) is 0 Å². The Balaban J connectivity index is 2.33. The fourth-order valence-electron chi connectivity index (χ4n) is 1.61. The molecule has 0 unspecified atom stereocenters. The number of ether oxygens (including phenoxy) is 1. The van der Waals surface area contributed by atoms with E-state index in [-0.39, 0.29) is 0 Å². The third-order valence-electron chi connectivity index (χ3n) is 2.49. The molecule has 0 spiro atoms. The van der Waals surface area contributed by atoms with Crippen molar-refractivity contribution in [2.75, 3.05) is 13.1 Å². The molecule has 0 saturated carbocycles. The number of rotatable bonds is 6. The van der Waals surface area contributed by atoms with Gasteiger partial charge in [-0.2, -0.15) is 0 Å². The van der Waals surface area contributed by atoms with Crippen LogP contribution < -0.4 is 10.6 Å². The third kappa shape index (κ3) is 8.29. The number of alkyl carbamates (subject to hydrolysis) is 1. The number of hydrogen-bond donors (Lipinski definition) is 2. The van der Waals surface area contributed by atoms with Crippen LogP contribution in [0.4, 0.5) is 13.6 Å². The van der Waals surface area contributed by atoms with E-state index >= 15 is 0 Å². The van der Waals surface area contributed by atoms with Crippen molar-refractivity contribution in [3.8, 4) is 0 Å². The van der Waals surface area contributed by atoms with Gasteiger partial charge in [-0.25, -0.2) is 13.6 Å². The molecule has 0 aliphatic carbocycles. The largest absolute Gasteiger partial charge is 0.444 e. The third-order valence-corrected chi connectivity index (χ3v) is 2.99. The van der Waals surface area contributed by atoms with E-state index in [9.17, 15) is 13.6 Å². The maximum atomic E-state index is 13.7. The second-order valence-corrected chi connectivity index (χ2v) is 6.86. The van der Waals surface area contributed by atoms with E-state index in [0.717, 1.165) is 10.0 Å². The van der Waals surface area contributed by atoms with Gasteiger partial charge < -0.3 is 15.4 Å². The minimum Gasteiger partial charge on any atom is -0.444 e. The Hall–Kier alpha value is -1.21. The van der Waals surface area contributed by atoms with Crippen LogP contribution in [-0.4, -0.2) is 30.7 Å². The second kappa shape index (κ2) is 7.87. The predicted octanol–water partition coefficient (Wildman–Crippen LogP) is 3.70. The van der Waals surface area contributed by atoms with Crippen LogP contribution in [0, 0.1) is 0 Å². The summed E-state index contributed by atoms with van der Waals surface area (Å²) in [5, 5.41) is 4.76. The molecule has 22 heavy (non-hydrogen) atoms. The van der Waals surface area contributed by atoms with Crippen molar-refractivity contribution < 1.29 is 18.3 Å². The smallest absolute Gasteiger partial charge is 0.407 e. The highest BCUT2D eigenvalue weighted by atomic mass is 79.9. The van der Waals surface area contributed by atoms with Gasteiger partial charge in [0.1, 0.15) is 5.60 Å². The first kappa shape index (κ1) is 18.8. The highest BCUT2D eigenvalue weighted by molar-refractivity contribution is 9.10. The van der Waals surface area contributed by atoms with Crippen molar-refractivity contribution in [1.82, 2.24) is 10.6 Å². The molecule has 2 N–H and O–H groups in total. The average Bonchev–Trinajstić information content (AvgIpc) is 2.34. The standard InChI is InChI=1S/C15H21BrF2N2O2/c1-14(2,3)22-13(21)20-10-15(17,18)9-19-8-11-5-4-6-12(16)7-11/h4-7,19H,8-10H2,1-3H3,(H,20,21). The van der Waals surface area contributed by atoms with Crippen molar-refractivity contribution in [3.63, 3.8) is 0 Å². The van der Waals surface area contributed by atoms with Gasteiger partial charge in [0, 0.05) is 11.0 Å². The average molecular weight is 379 g/mol. The molecule has 1 aromatic rings. The number of carbonyl (C=O) groups excluding carboxylic acids is 1. The number of hydrogen-bond acceptors (Lipinski definition) is 3. The maximum absolute atomic E-state index is 13.7. The van der Waals surface area contributed by atoms with Gasteiger partial charge in [-0.1, -0.05) is 28.1 Å². The highest BCUT2D eigenvalue weighted by Gasteiger charge is 2.30. The predicted molar refractivity (Wildman–Crippen MR) is 85.0 cm³/mol. The summed E-state index contributed by atoms with van der Waals surface area (Å²) in [4.78, 5) is 11.3. The van der Waals surface area contributed by atoms with Crippen molar-refractivity contribution in [2.45, 2.75) is 38.8 Å². The van der Waals surface area contributed by atoms with Crippen LogP contribution in [0.2, 0.25) is 0 Å². The number of carbonyl (C=O) groups is 1. The first-order valence-corrected chi connectivity index (χ1v) is 7.67. The zero-order chi connectivity index (χ0) is 16.8. The van der Waals surface area contributed by atoms with Gasteiger partial charge >= 0.3 is 6.09 Å². The molecular weight excluding hydrogens is 358 g/mol. The summed E-state index contributed by atoms with van der Waals surface area (Å²) in [5.41, 5.74) is 0.184. The molecule has 0 fully saturated rings. The summed E-state index contributed by atoms with van der Waals surface area (Å²) in [5.74, 6) is -3.05. The zero-order valence-corrected chi connectivity index (χ0v) is 14.5. The van der Waals surface area contributed by atoms with Gasteiger partial charge in [-0.05, 0) is 38.5 Å². The Morgan fingerprint density at radius 2 is 1.95 bits per heavy atom. The molecule has 0 aliphatic heterocycles. The number of alkyl halides is 2. The summed E-state index contributed by atoms with van der Waals surface area (Å²) in [7, 11) is 0. The van der Waals surface area contributed by atoms with Crippen LogP contribution >= 0.6 is 15.9 Å². The topological polar surface area (TPSA) is 50.4 Å². The SMILES string of the molecule is CC(C)(C)OC(=O)NCC(F)(F)CNCc1cccc(Br)c1. The van der Waals surface area contributed by atoms with E-state index in [4.69, 9.17) is 4.74 Å². The lowest BCUT2D eigenvalue weighted by Gasteiger charge is -2.22. The van der Waals surface area contributed by atoms with Crippen molar-refractivity contribution in [2.24, 2.45) is 0 Å². The van der Waals surface area contributed by atoms with E-state index in [0.29, 0.717) is 6.54 Å². The lowest BCUT2D eigenvalue weighted by Crippen LogP contribution is -2.44. The van der Waals surface area contributed by atoms with E-state index in [2.05, 4.69) is 26.6 Å². The summed E-state index contributed by atoms with van der Waals surface area (Å²) in [6, 6.07) is 7.39. The fourth-order valence-corrected chi connectivity index (χ4v) is 2.06. The Morgan fingerprint density at radius 3 is 2.55 bits per heavy atom. The fraction of sp³-hybridized carbons (Fsp3) is 0.533. The minimum absolute atomic E-state index is 0.321. The van der Waals surface area contributed by atoms with Gasteiger partial charge in [0.2, 0.25) is 0 Å². The quantitative estimate of drug-likeness (QED) is 0.793. The molecular formula is C15H21BrF2N2O2. The van der Waals surface area contributed by atoms with Crippen LogP contribution in [0.25, 0.3) is 0 Å². The molecule has 0 radical (unpaired) electrons. The molecule has 0 aliphatic rings.